The number of hydrogen-bond acceptors (Lipinski definition) is 6. The monoisotopic (exact) mass is 508 g/mol. The molecule has 0 aromatic heterocycles. The van der Waals surface area contributed by atoms with E-state index in [9.17, 15) is 23.1 Å². The second-order valence-corrected chi connectivity index (χ2v) is 11.3. The molecule has 1 aromatic rings. The number of aliphatic imine (C=N–C) groups is 1. The Morgan fingerprint density at radius 2 is 2.03 bits per heavy atom. The van der Waals surface area contributed by atoms with Gasteiger partial charge >= 0.3 is 5.97 Å². The van der Waals surface area contributed by atoms with Crippen LogP contribution in [0.3, 0.4) is 0 Å². The molecule has 0 aliphatic carbocycles. The van der Waals surface area contributed by atoms with Gasteiger partial charge in [0.15, 0.2) is 5.96 Å². The molecule has 0 spiro atoms. The van der Waals surface area contributed by atoms with Gasteiger partial charge in [-0.1, -0.05) is 26.0 Å². The van der Waals surface area contributed by atoms with Gasteiger partial charge in [0.2, 0.25) is 15.9 Å². The second kappa shape index (κ2) is 11.3. The fourth-order valence-electron chi connectivity index (χ4n) is 4.72. The molecule has 11 nitrogen and oxygen atoms in total. The lowest BCUT2D eigenvalue weighted by Crippen LogP contribution is -2.56. The van der Waals surface area contributed by atoms with Gasteiger partial charge < -0.3 is 26.8 Å². The fourth-order valence-corrected chi connectivity index (χ4v) is 6.17. The van der Waals surface area contributed by atoms with Gasteiger partial charge in [-0.15, -0.1) is 0 Å². The van der Waals surface area contributed by atoms with Crippen LogP contribution in [-0.2, 0) is 26.0 Å². The molecule has 0 bridgehead atoms. The summed E-state index contributed by atoms with van der Waals surface area (Å²) in [5.41, 5.74) is 12.2. The first kappa shape index (κ1) is 26.7. The number of carboxylic acids is 1. The molecule has 12 heteroatoms. The maximum absolute atomic E-state index is 13.5. The molecule has 2 heterocycles. The van der Waals surface area contributed by atoms with Gasteiger partial charge in [-0.25, -0.2) is 13.2 Å². The van der Waals surface area contributed by atoms with Crippen molar-refractivity contribution in [3.63, 3.8) is 0 Å². The summed E-state index contributed by atoms with van der Waals surface area (Å²) in [7, 11) is -4.10. The number of benzene rings is 1. The third-order valence-electron chi connectivity index (χ3n) is 6.57. The number of guanidine groups is 1. The van der Waals surface area contributed by atoms with Crippen molar-refractivity contribution in [1.82, 2.24) is 9.62 Å². The van der Waals surface area contributed by atoms with Crippen molar-refractivity contribution >= 4 is 33.5 Å². The number of amides is 1. The summed E-state index contributed by atoms with van der Waals surface area (Å²) in [4.78, 5) is 30.7. The average molecular weight is 509 g/mol. The van der Waals surface area contributed by atoms with Crippen LogP contribution in [-0.4, -0.2) is 68.0 Å². The molecule has 1 fully saturated rings. The number of para-hydroxylation sites is 1. The molecule has 0 radical (unpaired) electrons. The molecule has 3 unspecified atom stereocenters. The van der Waals surface area contributed by atoms with Crippen molar-refractivity contribution in [1.29, 1.82) is 0 Å². The van der Waals surface area contributed by atoms with Crippen LogP contribution in [0.15, 0.2) is 28.1 Å². The van der Waals surface area contributed by atoms with Gasteiger partial charge in [0.25, 0.3) is 0 Å². The zero-order valence-corrected chi connectivity index (χ0v) is 21.1. The number of fused-ring (bicyclic) bond motifs is 1. The summed E-state index contributed by atoms with van der Waals surface area (Å²) in [6.45, 7) is 5.14. The van der Waals surface area contributed by atoms with E-state index in [1.165, 1.54) is 11.0 Å². The minimum Gasteiger partial charge on any atom is -0.480 e. The van der Waals surface area contributed by atoms with E-state index < -0.39 is 34.0 Å². The minimum atomic E-state index is -4.10. The van der Waals surface area contributed by atoms with Crippen molar-refractivity contribution in [3.05, 3.63) is 23.8 Å². The van der Waals surface area contributed by atoms with E-state index in [-0.39, 0.29) is 36.3 Å². The van der Waals surface area contributed by atoms with E-state index in [4.69, 9.17) is 11.5 Å². The van der Waals surface area contributed by atoms with Gasteiger partial charge in [-0.3, -0.25) is 9.79 Å². The molecule has 1 aromatic carbocycles. The van der Waals surface area contributed by atoms with E-state index in [1.807, 2.05) is 13.0 Å². The van der Waals surface area contributed by atoms with E-state index in [2.05, 4.69) is 22.0 Å². The molecule has 4 atom stereocenters. The molecular formula is C23H36N6O5S. The SMILES string of the molecule is CC1CNc2c(cccc2S(=O)(=O)N[C@@H](CCCN=C(N)N)C(=O)N2CCC(C)CC2C(=O)O)C1. The first-order chi connectivity index (χ1) is 16.5. The Morgan fingerprint density at radius 1 is 1.29 bits per heavy atom. The normalized spacial score (nSPS) is 23.0. The Bertz CT molecular complexity index is 1070. The molecule has 1 amide bonds. The van der Waals surface area contributed by atoms with Crippen molar-refractivity contribution in [2.45, 2.75) is 62.9 Å². The summed E-state index contributed by atoms with van der Waals surface area (Å²) in [6, 6.07) is 2.94. The number of rotatable bonds is 9. The molecule has 2 aliphatic heterocycles. The van der Waals surface area contributed by atoms with Crippen LogP contribution in [0.5, 0.6) is 0 Å². The molecule has 35 heavy (non-hydrogen) atoms. The molecule has 1 saturated heterocycles. The molecule has 0 saturated carbocycles. The number of sulfonamides is 1. The smallest absolute Gasteiger partial charge is 0.326 e. The Morgan fingerprint density at radius 3 is 2.71 bits per heavy atom. The summed E-state index contributed by atoms with van der Waals surface area (Å²) in [6.07, 6.45) is 2.17. The van der Waals surface area contributed by atoms with Crippen molar-refractivity contribution in [2.75, 3.05) is 25.0 Å². The average Bonchev–Trinajstić information content (AvgIpc) is 2.79. The van der Waals surface area contributed by atoms with E-state index >= 15 is 0 Å². The Hall–Kier alpha value is -2.86. The number of aliphatic carboxylic acids is 1. The van der Waals surface area contributed by atoms with Crippen molar-refractivity contribution in [3.8, 4) is 0 Å². The van der Waals surface area contributed by atoms with Gasteiger partial charge in [-0.05, 0) is 55.6 Å². The summed E-state index contributed by atoms with van der Waals surface area (Å²) < 4.78 is 29.5. The quantitative estimate of drug-likeness (QED) is 0.184. The molecule has 7 N–H and O–H groups in total. The van der Waals surface area contributed by atoms with Crippen LogP contribution in [0.1, 0.15) is 45.1 Å². The summed E-state index contributed by atoms with van der Waals surface area (Å²) in [5, 5.41) is 12.9. The van der Waals surface area contributed by atoms with E-state index in [0.29, 0.717) is 37.4 Å². The van der Waals surface area contributed by atoms with Crippen molar-refractivity contribution in [2.24, 2.45) is 28.3 Å². The van der Waals surface area contributed by atoms with Gasteiger partial charge in [-0.2, -0.15) is 4.72 Å². The number of nitrogens with two attached hydrogens (primary N) is 2. The van der Waals surface area contributed by atoms with Crippen molar-refractivity contribution < 1.29 is 23.1 Å². The number of anilines is 1. The van der Waals surface area contributed by atoms with E-state index in [0.717, 1.165) is 12.0 Å². The molecular weight excluding hydrogens is 472 g/mol. The number of hydrogen-bond donors (Lipinski definition) is 5. The highest BCUT2D eigenvalue weighted by atomic mass is 32.2. The third-order valence-corrected chi connectivity index (χ3v) is 8.09. The Balaban J connectivity index is 1.88. The second-order valence-electron chi connectivity index (χ2n) is 9.62. The van der Waals surface area contributed by atoms with Crippen LogP contribution in [0.4, 0.5) is 5.69 Å². The summed E-state index contributed by atoms with van der Waals surface area (Å²) >= 11 is 0. The zero-order valence-electron chi connectivity index (χ0n) is 20.2. The highest BCUT2D eigenvalue weighted by Crippen LogP contribution is 2.31. The topological polar surface area (TPSA) is 180 Å². The number of carbonyl (C=O) groups is 2. The Kier molecular flexibility index (Phi) is 8.60. The highest BCUT2D eigenvalue weighted by molar-refractivity contribution is 7.89. The predicted molar refractivity (Wildman–Crippen MR) is 133 cm³/mol. The lowest BCUT2D eigenvalue weighted by molar-refractivity contribution is -0.153. The van der Waals surface area contributed by atoms with Crippen LogP contribution in [0, 0.1) is 11.8 Å². The van der Waals surface area contributed by atoms with Gasteiger partial charge in [0.1, 0.15) is 17.0 Å². The maximum Gasteiger partial charge on any atom is 0.326 e. The van der Waals surface area contributed by atoms with E-state index in [1.54, 1.807) is 6.07 Å². The molecule has 194 valence electrons. The lowest BCUT2D eigenvalue weighted by atomic mass is 9.91. The third kappa shape index (κ3) is 6.63. The number of carbonyl (C=O) groups excluding carboxylic acids is 1. The first-order valence-electron chi connectivity index (χ1n) is 12.0. The van der Waals surface area contributed by atoms with Crippen LogP contribution < -0.4 is 21.5 Å². The van der Waals surface area contributed by atoms with Gasteiger partial charge in [0, 0.05) is 19.6 Å². The number of nitrogens with zero attached hydrogens (tertiary/aromatic N) is 2. The largest absolute Gasteiger partial charge is 0.480 e. The highest BCUT2D eigenvalue weighted by Gasteiger charge is 2.39. The summed E-state index contributed by atoms with van der Waals surface area (Å²) in [5.74, 6) is -1.22. The molecule has 3 rings (SSSR count). The first-order valence-corrected chi connectivity index (χ1v) is 13.4. The van der Waals surface area contributed by atoms with Gasteiger partial charge in [0.05, 0.1) is 5.69 Å². The standard InChI is InChI=1S/C23H36N6O5S/c1-14-8-10-29(18(12-14)22(31)32)21(30)17(6-4-9-26-23(24)25)28-35(33,34)19-7-3-5-16-11-15(2)13-27-20(16)19/h3,5,7,14-15,17-18,27-28H,4,6,8-13H2,1-2H3,(H,31,32)(H4,24,25,26)/t14?,15?,17-,18?/m0/s1. The predicted octanol–water partition coefficient (Wildman–Crippen LogP) is 0.703. The number of carboxylic acid groups (broad SMARTS) is 1. The minimum absolute atomic E-state index is 0.0750. The number of likely N-dealkylation sites (tertiary alicyclic amines) is 1. The fraction of sp³-hybridized carbons (Fsp3) is 0.609. The zero-order chi connectivity index (χ0) is 25.8. The lowest BCUT2D eigenvalue weighted by Gasteiger charge is -2.38. The molecule has 2 aliphatic rings. The maximum atomic E-state index is 13.5. The van der Waals surface area contributed by atoms with Crippen LogP contribution in [0.2, 0.25) is 0 Å². The number of nitrogens with one attached hydrogen (secondary N) is 2. The van der Waals surface area contributed by atoms with Crippen LogP contribution >= 0.6 is 0 Å². The Labute approximate surface area is 206 Å². The van der Waals surface area contributed by atoms with Crippen LogP contribution in [0.25, 0.3) is 0 Å². The number of piperidine rings is 1.